The van der Waals surface area contributed by atoms with E-state index >= 15 is 0 Å². The zero-order chi connectivity index (χ0) is 14.7. The number of nitrogens with one attached hydrogen (secondary N) is 1. The second-order valence-corrected chi connectivity index (χ2v) is 5.59. The molecule has 0 saturated carbocycles. The lowest BCUT2D eigenvalue weighted by Gasteiger charge is -2.30. The van der Waals surface area contributed by atoms with E-state index in [0.717, 1.165) is 25.1 Å². The van der Waals surface area contributed by atoms with Crippen molar-refractivity contribution in [2.24, 2.45) is 0 Å². The number of rotatable bonds is 3. The summed E-state index contributed by atoms with van der Waals surface area (Å²) in [6.07, 6.45) is 2.16. The maximum absolute atomic E-state index is 12.2. The number of hydrogen-bond acceptors (Lipinski definition) is 2. The van der Waals surface area contributed by atoms with Gasteiger partial charge < -0.3 is 10.2 Å². The van der Waals surface area contributed by atoms with Gasteiger partial charge in [-0.1, -0.05) is 41.9 Å². The number of carbonyl (C=O) groups excluding carboxylic acids is 1. The van der Waals surface area contributed by atoms with Crippen molar-refractivity contribution < 1.29 is 4.79 Å². The van der Waals surface area contributed by atoms with Crippen molar-refractivity contribution in [3.63, 3.8) is 0 Å². The normalized spacial score (nSPS) is 13.7. The van der Waals surface area contributed by atoms with Crippen LogP contribution in [0.4, 0.5) is 11.4 Å². The van der Waals surface area contributed by atoms with Gasteiger partial charge in [0.2, 0.25) is 5.91 Å². The number of aryl methyl sites for hydroxylation is 1. The Balaban J connectivity index is 1.70. The van der Waals surface area contributed by atoms with Crippen molar-refractivity contribution in [1.29, 1.82) is 0 Å². The van der Waals surface area contributed by atoms with Crippen LogP contribution in [-0.4, -0.2) is 19.0 Å². The third kappa shape index (κ3) is 3.19. The minimum absolute atomic E-state index is 0.0418. The van der Waals surface area contributed by atoms with E-state index in [-0.39, 0.29) is 5.91 Å². The number of benzene rings is 2. The second kappa shape index (κ2) is 6.19. The van der Waals surface area contributed by atoms with Gasteiger partial charge in [-0.05, 0) is 36.6 Å². The number of amides is 1. The maximum Gasteiger partial charge on any atom is 0.243 e. The van der Waals surface area contributed by atoms with Crippen molar-refractivity contribution in [2.75, 3.05) is 23.3 Å². The zero-order valence-corrected chi connectivity index (χ0v) is 12.4. The van der Waals surface area contributed by atoms with Gasteiger partial charge in [0.1, 0.15) is 0 Å². The number of fused-ring (bicyclic) bond motifs is 1. The SMILES string of the molecule is O=C(CN1CCCc2ccccc21)Nc1ccccc1Cl. The molecule has 1 aliphatic heterocycles. The molecule has 0 fully saturated rings. The molecule has 1 heterocycles. The van der Waals surface area contributed by atoms with Crippen LogP contribution >= 0.6 is 11.6 Å². The fraction of sp³-hybridized carbons (Fsp3) is 0.235. The van der Waals surface area contributed by atoms with E-state index < -0.39 is 0 Å². The molecule has 0 unspecified atom stereocenters. The van der Waals surface area contributed by atoms with Crippen LogP contribution in [-0.2, 0) is 11.2 Å². The van der Waals surface area contributed by atoms with E-state index in [0.29, 0.717) is 17.3 Å². The lowest BCUT2D eigenvalue weighted by Crippen LogP contribution is -2.36. The van der Waals surface area contributed by atoms with E-state index in [1.165, 1.54) is 5.56 Å². The van der Waals surface area contributed by atoms with Crippen LogP contribution in [0.3, 0.4) is 0 Å². The molecule has 21 heavy (non-hydrogen) atoms. The zero-order valence-electron chi connectivity index (χ0n) is 11.7. The summed E-state index contributed by atoms with van der Waals surface area (Å²) in [4.78, 5) is 14.4. The van der Waals surface area contributed by atoms with E-state index in [4.69, 9.17) is 11.6 Å². The lowest BCUT2D eigenvalue weighted by atomic mass is 10.0. The number of nitrogens with zero attached hydrogens (tertiary/aromatic N) is 1. The molecule has 3 rings (SSSR count). The van der Waals surface area contributed by atoms with Gasteiger partial charge in [0.05, 0.1) is 17.3 Å². The highest BCUT2D eigenvalue weighted by atomic mass is 35.5. The average Bonchev–Trinajstić information content (AvgIpc) is 2.50. The monoisotopic (exact) mass is 300 g/mol. The molecule has 0 spiro atoms. The van der Waals surface area contributed by atoms with Crippen LogP contribution in [0.5, 0.6) is 0 Å². The minimum atomic E-state index is -0.0418. The van der Waals surface area contributed by atoms with Gasteiger partial charge in [-0.15, -0.1) is 0 Å². The van der Waals surface area contributed by atoms with Gasteiger partial charge in [-0.3, -0.25) is 4.79 Å². The van der Waals surface area contributed by atoms with Gasteiger partial charge in [0.15, 0.2) is 0 Å². The largest absolute Gasteiger partial charge is 0.362 e. The predicted molar refractivity (Wildman–Crippen MR) is 87.1 cm³/mol. The molecule has 0 bridgehead atoms. The van der Waals surface area contributed by atoms with Crippen LogP contribution < -0.4 is 10.2 Å². The van der Waals surface area contributed by atoms with E-state index in [9.17, 15) is 4.79 Å². The fourth-order valence-electron chi connectivity index (χ4n) is 2.70. The minimum Gasteiger partial charge on any atom is -0.362 e. The van der Waals surface area contributed by atoms with Crippen molar-refractivity contribution in [1.82, 2.24) is 0 Å². The highest BCUT2D eigenvalue weighted by molar-refractivity contribution is 6.33. The van der Waals surface area contributed by atoms with Crippen LogP contribution in [0.15, 0.2) is 48.5 Å². The Bertz CT molecular complexity index is 657. The molecule has 4 heteroatoms. The summed E-state index contributed by atoms with van der Waals surface area (Å²) in [5.74, 6) is -0.0418. The van der Waals surface area contributed by atoms with Gasteiger partial charge in [-0.25, -0.2) is 0 Å². The standard InChI is InChI=1S/C17H17ClN2O/c18-14-8-2-3-9-15(14)19-17(21)12-20-11-5-7-13-6-1-4-10-16(13)20/h1-4,6,8-10H,5,7,11-12H2,(H,19,21). The smallest absolute Gasteiger partial charge is 0.243 e. The topological polar surface area (TPSA) is 32.3 Å². The molecule has 0 saturated heterocycles. The van der Waals surface area contributed by atoms with Crippen LogP contribution in [0.1, 0.15) is 12.0 Å². The first-order chi connectivity index (χ1) is 10.2. The third-order valence-corrected chi connectivity index (χ3v) is 4.02. The van der Waals surface area contributed by atoms with Gasteiger partial charge in [0, 0.05) is 12.2 Å². The summed E-state index contributed by atoms with van der Waals surface area (Å²) in [7, 11) is 0. The Kier molecular flexibility index (Phi) is 4.11. The summed E-state index contributed by atoms with van der Waals surface area (Å²) in [5, 5.41) is 3.44. The molecule has 0 atom stereocenters. The molecule has 2 aromatic rings. The summed E-state index contributed by atoms with van der Waals surface area (Å²) in [6, 6.07) is 15.6. The summed E-state index contributed by atoms with van der Waals surface area (Å²) >= 11 is 6.06. The van der Waals surface area contributed by atoms with Gasteiger partial charge in [0.25, 0.3) is 0 Å². The molecule has 2 aromatic carbocycles. The molecule has 0 radical (unpaired) electrons. The van der Waals surface area contributed by atoms with Crippen LogP contribution in [0, 0.1) is 0 Å². The highest BCUT2D eigenvalue weighted by Gasteiger charge is 2.18. The fourth-order valence-corrected chi connectivity index (χ4v) is 2.88. The molecular weight excluding hydrogens is 284 g/mol. The van der Waals surface area contributed by atoms with Gasteiger partial charge in [-0.2, -0.15) is 0 Å². The molecule has 108 valence electrons. The number of hydrogen-bond donors (Lipinski definition) is 1. The van der Waals surface area contributed by atoms with E-state index in [2.05, 4.69) is 22.3 Å². The Morgan fingerprint density at radius 2 is 1.90 bits per heavy atom. The van der Waals surface area contributed by atoms with Crippen molar-refractivity contribution >= 4 is 28.9 Å². The summed E-state index contributed by atoms with van der Waals surface area (Å²) in [6.45, 7) is 1.26. The first kappa shape index (κ1) is 14.0. The maximum atomic E-state index is 12.2. The number of para-hydroxylation sites is 2. The van der Waals surface area contributed by atoms with Crippen molar-refractivity contribution in [3.8, 4) is 0 Å². The Morgan fingerprint density at radius 3 is 2.76 bits per heavy atom. The van der Waals surface area contributed by atoms with Crippen LogP contribution in [0.2, 0.25) is 5.02 Å². The molecule has 0 aliphatic carbocycles. The van der Waals surface area contributed by atoms with Gasteiger partial charge >= 0.3 is 0 Å². The molecule has 1 N–H and O–H groups in total. The molecule has 1 aliphatic rings. The summed E-state index contributed by atoms with van der Waals surface area (Å²) in [5.41, 5.74) is 3.14. The number of carbonyl (C=O) groups is 1. The number of halogens is 1. The molecule has 3 nitrogen and oxygen atoms in total. The van der Waals surface area contributed by atoms with E-state index in [1.807, 2.05) is 30.3 Å². The lowest BCUT2D eigenvalue weighted by molar-refractivity contribution is -0.115. The second-order valence-electron chi connectivity index (χ2n) is 5.18. The Hall–Kier alpha value is -2.00. The Morgan fingerprint density at radius 1 is 1.14 bits per heavy atom. The van der Waals surface area contributed by atoms with E-state index in [1.54, 1.807) is 6.07 Å². The van der Waals surface area contributed by atoms with Crippen molar-refractivity contribution in [3.05, 3.63) is 59.1 Å². The predicted octanol–water partition coefficient (Wildman–Crippen LogP) is 3.73. The Labute approximate surface area is 129 Å². The average molecular weight is 301 g/mol. The first-order valence-corrected chi connectivity index (χ1v) is 7.49. The first-order valence-electron chi connectivity index (χ1n) is 7.11. The molecule has 0 aromatic heterocycles. The third-order valence-electron chi connectivity index (χ3n) is 3.69. The molecule has 1 amide bonds. The van der Waals surface area contributed by atoms with Crippen molar-refractivity contribution in [2.45, 2.75) is 12.8 Å². The molecular formula is C17H17ClN2O. The van der Waals surface area contributed by atoms with Crippen LogP contribution in [0.25, 0.3) is 0 Å². The summed E-state index contributed by atoms with van der Waals surface area (Å²) < 4.78 is 0. The highest BCUT2D eigenvalue weighted by Crippen LogP contribution is 2.26. The number of anilines is 2. The quantitative estimate of drug-likeness (QED) is 0.936.